The third-order valence-corrected chi connectivity index (χ3v) is 6.70. The zero-order valence-corrected chi connectivity index (χ0v) is 22.3. The van der Waals surface area contributed by atoms with E-state index in [1.807, 2.05) is 6.92 Å². The van der Waals surface area contributed by atoms with Crippen LogP contribution in [0, 0.1) is 0 Å². The Hall–Kier alpha value is 0.430. The van der Waals surface area contributed by atoms with Crippen LogP contribution in [0.15, 0.2) is 0 Å². The Morgan fingerprint density at radius 1 is 0.943 bits per heavy atom. The van der Waals surface area contributed by atoms with Crippen molar-refractivity contribution in [1.29, 1.82) is 0 Å². The predicted octanol–water partition coefficient (Wildman–Crippen LogP) is -7.75. The summed E-state index contributed by atoms with van der Waals surface area (Å²) in [5, 5.41) is 63.4. The van der Waals surface area contributed by atoms with E-state index >= 15 is 0 Å². The van der Waals surface area contributed by atoms with Crippen molar-refractivity contribution in [2.24, 2.45) is 0 Å². The minimum atomic E-state index is -5.33. The molecule has 3 heterocycles. The zero-order chi connectivity index (χ0) is 25.4. The Bertz CT molecular complexity index is 778. The van der Waals surface area contributed by atoms with E-state index < -0.39 is 90.6 Å². The molecule has 13 atom stereocenters. The van der Waals surface area contributed by atoms with Gasteiger partial charge in [-0.1, -0.05) is 6.92 Å². The number of nitrogens with one attached hydrogen (secondary N) is 1. The van der Waals surface area contributed by atoms with Crippen LogP contribution in [-0.2, 0) is 33.5 Å². The van der Waals surface area contributed by atoms with Gasteiger partial charge in [-0.05, 0) is 13.3 Å². The van der Waals surface area contributed by atoms with Crippen LogP contribution in [0.5, 0.6) is 0 Å². The number of aliphatic hydroxyl groups excluding tert-OH is 6. The smallest absolute Gasteiger partial charge is 0.726 e. The van der Waals surface area contributed by atoms with Gasteiger partial charge in [0.05, 0.1) is 12.7 Å². The van der Waals surface area contributed by atoms with Crippen LogP contribution in [0.4, 0.5) is 0 Å². The van der Waals surface area contributed by atoms with Crippen molar-refractivity contribution >= 4 is 10.4 Å². The van der Waals surface area contributed by atoms with Gasteiger partial charge >= 0.3 is 29.6 Å². The van der Waals surface area contributed by atoms with Gasteiger partial charge in [-0.15, -0.1) is 0 Å². The molecule has 0 spiro atoms. The van der Waals surface area contributed by atoms with E-state index in [0.717, 1.165) is 0 Å². The standard InChI is InChI=1S/C18H33NO14S.Na/c1-3-7-15(8(4-19-7)30-17-13(24)12(23)10(21)6(2)29-17)32-18-14(25)16(33-34(26,27)28)11(22)9(5-20)31-18;/h6-25H,3-5H2,1-2H3,(H,26,27,28);/q;+1/p-1/t6-,7-,8+,9+,10+,11-,12+,13-,14+,15+,16-,17-,18-;/m0./s1. The van der Waals surface area contributed by atoms with Crippen molar-refractivity contribution in [3.63, 3.8) is 0 Å². The maximum absolute atomic E-state index is 11.1. The summed E-state index contributed by atoms with van der Waals surface area (Å²) in [7, 11) is -5.33. The van der Waals surface area contributed by atoms with Crippen molar-refractivity contribution < 1.29 is 96.3 Å². The van der Waals surface area contributed by atoms with E-state index in [0.29, 0.717) is 6.42 Å². The van der Waals surface area contributed by atoms with Gasteiger partial charge in [0.25, 0.3) is 0 Å². The van der Waals surface area contributed by atoms with Crippen LogP contribution in [0.1, 0.15) is 20.3 Å². The van der Waals surface area contributed by atoms with Gasteiger partial charge in [-0.3, -0.25) is 4.18 Å². The molecule has 0 amide bonds. The molecular weight excluding hydrogens is 509 g/mol. The van der Waals surface area contributed by atoms with Crippen LogP contribution in [0.2, 0.25) is 0 Å². The Morgan fingerprint density at radius 3 is 2.14 bits per heavy atom. The van der Waals surface area contributed by atoms with Gasteiger partial charge in [-0.25, -0.2) is 8.42 Å². The zero-order valence-electron chi connectivity index (χ0n) is 19.5. The van der Waals surface area contributed by atoms with Crippen LogP contribution >= 0.6 is 0 Å². The second kappa shape index (κ2) is 13.0. The maximum atomic E-state index is 11.1. The van der Waals surface area contributed by atoms with E-state index in [9.17, 15) is 43.6 Å². The first-order valence-corrected chi connectivity index (χ1v) is 12.2. The fourth-order valence-corrected chi connectivity index (χ4v) is 4.81. The molecule has 3 fully saturated rings. The normalized spacial score (nSPS) is 46.8. The average molecular weight is 542 g/mol. The molecule has 3 aliphatic heterocycles. The Kier molecular flexibility index (Phi) is 11.7. The molecule has 15 nitrogen and oxygen atoms in total. The first kappa shape index (κ1) is 31.6. The summed E-state index contributed by atoms with van der Waals surface area (Å²) in [6, 6.07) is -0.378. The van der Waals surface area contributed by atoms with Crippen molar-refractivity contribution in [2.45, 2.75) is 99.9 Å². The summed E-state index contributed by atoms with van der Waals surface area (Å²) in [6.45, 7) is 2.70. The summed E-state index contributed by atoms with van der Waals surface area (Å²) in [4.78, 5) is 0. The molecule has 0 aromatic rings. The topological polar surface area (TPSA) is 237 Å². The predicted molar refractivity (Wildman–Crippen MR) is 107 cm³/mol. The molecule has 0 aliphatic carbocycles. The van der Waals surface area contributed by atoms with Crippen molar-refractivity contribution in [2.75, 3.05) is 13.2 Å². The van der Waals surface area contributed by atoms with Crippen molar-refractivity contribution in [1.82, 2.24) is 5.32 Å². The summed E-state index contributed by atoms with van der Waals surface area (Å²) in [5.41, 5.74) is 0. The van der Waals surface area contributed by atoms with E-state index in [1.165, 1.54) is 6.92 Å². The summed E-state index contributed by atoms with van der Waals surface area (Å²) in [5.74, 6) is 0. The molecule has 0 unspecified atom stereocenters. The van der Waals surface area contributed by atoms with Crippen LogP contribution < -0.4 is 34.9 Å². The molecule has 0 bridgehead atoms. The van der Waals surface area contributed by atoms with Gasteiger partial charge in [0, 0.05) is 12.6 Å². The summed E-state index contributed by atoms with van der Waals surface area (Å²) in [6.07, 6.45) is -16.6. The molecule has 35 heavy (non-hydrogen) atoms. The number of rotatable bonds is 8. The first-order valence-electron chi connectivity index (χ1n) is 10.9. The molecule has 0 aromatic heterocycles. The van der Waals surface area contributed by atoms with E-state index in [1.54, 1.807) is 0 Å². The van der Waals surface area contributed by atoms with Gasteiger partial charge in [0.15, 0.2) is 12.6 Å². The van der Waals surface area contributed by atoms with E-state index in [-0.39, 0.29) is 42.1 Å². The molecule has 200 valence electrons. The fourth-order valence-electron chi connectivity index (χ4n) is 4.31. The molecule has 3 saturated heterocycles. The summed E-state index contributed by atoms with van der Waals surface area (Å²) < 4.78 is 60.0. The number of hydrogen-bond acceptors (Lipinski definition) is 15. The van der Waals surface area contributed by atoms with Gasteiger partial charge < -0.3 is 59.5 Å². The Balaban J connectivity index is 0.00000432. The molecule has 3 aliphatic rings. The monoisotopic (exact) mass is 541 g/mol. The SMILES string of the molecule is CC[C@@H]1NC[C@@H](O[C@@H]2O[C@@H](C)[C@@H](O)[C@@H](O)[C@@H]2O)[C@@H]1O[C@@H]1O[C@H](CO)[C@H](O)[C@H](OS(=O)(=O)[O-])[C@H]1O.[Na+]. The fraction of sp³-hybridized carbons (Fsp3) is 1.00. The van der Waals surface area contributed by atoms with Crippen molar-refractivity contribution in [3.05, 3.63) is 0 Å². The third kappa shape index (κ3) is 7.30. The minimum Gasteiger partial charge on any atom is -0.726 e. The largest absolute Gasteiger partial charge is 1.00 e. The second-order valence-electron chi connectivity index (χ2n) is 8.56. The average Bonchev–Trinajstić information content (AvgIpc) is 3.15. The number of aliphatic hydroxyl groups is 6. The number of hydrogen-bond donors (Lipinski definition) is 7. The molecule has 3 rings (SSSR count). The molecule has 0 saturated carbocycles. The van der Waals surface area contributed by atoms with Crippen molar-refractivity contribution in [3.8, 4) is 0 Å². The molecule has 0 radical (unpaired) electrons. The summed E-state index contributed by atoms with van der Waals surface area (Å²) >= 11 is 0. The second-order valence-corrected chi connectivity index (χ2v) is 9.56. The molecule has 0 aromatic carbocycles. The van der Waals surface area contributed by atoms with E-state index in [2.05, 4.69) is 9.50 Å². The van der Waals surface area contributed by atoms with Gasteiger partial charge in [0.1, 0.15) is 54.9 Å². The van der Waals surface area contributed by atoms with Gasteiger partial charge in [0.2, 0.25) is 10.4 Å². The van der Waals surface area contributed by atoms with Gasteiger partial charge in [-0.2, -0.15) is 0 Å². The molecule has 7 N–H and O–H groups in total. The number of ether oxygens (including phenoxy) is 4. The van der Waals surface area contributed by atoms with E-state index in [4.69, 9.17) is 18.9 Å². The maximum Gasteiger partial charge on any atom is 1.00 e. The molecule has 17 heteroatoms. The Labute approximate surface area is 224 Å². The third-order valence-electron chi connectivity index (χ3n) is 6.24. The van der Waals surface area contributed by atoms with Crippen LogP contribution in [0.3, 0.4) is 0 Å². The van der Waals surface area contributed by atoms with Crippen LogP contribution in [-0.4, -0.2) is 136 Å². The molecular formula is C18H32NNaO14S. The minimum absolute atomic E-state index is 0. The van der Waals surface area contributed by atoms with Crippen LogP contribution in [0.25, 0.3) is 0 Å². The quantitative estimate of drug-likeness (QED) is 0.0858. The Morgan fingerprint density at radius 2 is 1.57 bits per heavy atom. The first-order chi connectivity index (χ1) is 15.9.